The Bertz CT molecular complexity index is 3160. The molecule has 2 heterocycles. The Morgan fingerprint density at radius 3 is 2.04 bits per heavy atom. The van der Waals surface area contributed by atoms with Crippen LogP contribution < -0.4 is 0 Å². The second-order valence-corrected chi connectivity index (χ2v) is 15.2. The van der Waals surface area contributed by atoms with Gasteiger partial charge in [-0.2, -0.15) is 0 Å². The maximum Gasteiger partial charge on any atom is 0.235 e. The van der Waals surface area contributed by atoms with Gasteiger partial charge in [0.15, 0.2) is 0 Å². The molecule has 0 atom stereocenters. The van der Waals surface area contributed by atoms with Gasteiger partial charge in [-0.3, -0.25) is 4.57 Å². The zero-order chi connectivity index (χ0) is 34.7. The fourth-order valence-corrected chi connectivity index (χ4v) is 10.3. The molecule has 8 aromatic carbocycles. The van der Waals surface area contributed by atoms with Gasteiger partial charge in [-0.05, 0) is 74.2 Å². The minimum atomic E-state index is -0.0770. The lowest BCUT2D eigenvalue weighted by atomic mass is 9.67. The Kier molecular flexibility index (Phi) is 5.99. The number of aromatic nitrogens is 3. The van der Waals surface area contributed by atoms with E-state index in [4.69, 9.17) is 9.97 Å². The van der Waals surface area contributed by atoms with Crippen LogP contribution in [0.25, 0.3) is 93.4 Å². The van der Waals surface area contributed by atoms with Gasteiger partial charge in [0.2, 0.25) is 5.95 Å². The van der Waals surface area contributed by atoms with Crippen molar-refractivity contribution in [2.24, 2.45) is 0 Å². The number of rotatable bonds is 2. The van der Waals surface area contributed by atoms with Crippen LogP contribution >= 0.6 is 0 Å². The Balaban J connectivity index is 1.31. The average Bonchev–Trinajstić information content (AvgIpc) is 3.72. The molecule has 3 nitrogen and oxygen atoms in total. The van der Waals surface area contributed by atoms with E-state index < -0.39 is 0 Å². The quantitative estimate of drug-likeness (QED) is 0.182. The summed E-state index contributed by atoms with van der Waals surface area (Å²) in [6.07, 6.45) is 6.03. The van der Waals surface area contributed by atoms with Crippen molar-refractivity contribution in [3.63, 3.8) is 0 Å². The van der Waals surface area contributed by atoms with Crippen LogP contribution in [-0.2, 0) is 5.41 Å². The molecule has 10 aromatic rings. The van der Waals surface area contributed by atoms with Crippen LogP contribution in [0.2, 0.25) is 0 Å². The third-order valence-corrected chi connectivity index (χ3v) is 12.5. The molecule has 2 aromatic heterocycles. The molecule has 250 valence electrons. The smallest absolute Gasteiger partial charge is 0.235 e. The first-order chi connectivity index (χ1) is 26.3. The van der Waals surface area contributed by atoms with E-state index in [0.717, 1.165) is 41.0 Å². The van der Waals surface area contributed by atoms with Crippen molar-refractivity contribution in [1.29, 1.82) is 0 Å². The van der Waals surface area contributed by atoms with Crippen molar-refractivity contribution in [3.05, 3.63) is 163 Å². The summed E-state index contributed by atoms with van der Waals surface area (Å²) in [5.74, 6) is 0.725. The van der Waals surface area contributed by atoms with Crippen molar-refractivity contribution in [3.8, 4) is 28.3 Å². The largest absolute Gasteiger partial charge is 0.277 e. The Hall–Kier alpha value is -6.32. The highest BCUT2D eigenvalue weighted by Crippen LogP contribution is 2.61. The van der Waals surface area contributed by atoms with Crippen LogP contribution in [-0.4, -0.2) is 14.5 Å². The van der Waals surface area contributed by atoms with E-state index in [1.165, 1.54) is 95.6 Å². The molecule has 0 radical (unpaired) electrons. The van der Waals surface area contributed by atoms with Gasteiger partial charge in [0.25, 0.3) is 0 Å². The molecule has 1 fully saturated rings. The first kappa shape index (κ1) is 29.3. The zero-order valence-corrected chi connectivity index (χ0v) is 29.3. The molecule has 0 unspecified atom stereocenters. The van der Waals surface area contributed by atoms with E-state index in [-0.39, 0.29) is 5.41 Å². The predicted molar refractivity (Wildman–Crippen MR) is 221 cm³/mol. The van der Waals surface area contributed by atoms with E-state index >= 15 is 0 Å². The summed E-state index contributed by atoms with van der Waals surface area (Å²) in [7, 11) is 0. The van der Waals surface area contributed by atoms with Crippen LogP contribution in [0.5, 0.6) is 0 Å². The van der Waals surface area contributed by atoms with Crippen molar-refractivity contribution in [1.82, 2.24) is 14.5 Å². The molecular weight excluding hydrogens is 643 g/mol. The molecule has 0 amide bonds. The van der Waals surface area contributed by atoms with E-state index in [1.54, 1.807) is 0 Å². The van der Waals surface area contributed by atoms with Gasteiger partial charge in [0.1, 0.15) is 0 Å². The number of hydrogen-bond acceptors (Lipinski definition) is 2. The van der Waals surface area contributed by atoms with Crippen LogP contribution in [0, 0.1) is 0 Å². The molecule has 0 N–H and O–H groups in total. The van der Waals surface area contributed by atoms with Crippen molar-refractivity contribution in [2.75, 3.05) is 0 Å². The summed E-state index contributed by atoms with van der Waals surface area (Å²) in [5, 5.41) is 11.1. The number of nitrogens with zero attached hydrogens (tertiary/aromatic N) is 3. The zero-order valence-electron chi connectivity index (χ0n) is 29.3. The molecule has 3 heteroatoms. The number of benzene rings is 8. The number of hydrogen-bond donors (Lipinski definition) is 0. The summed E-state index contributed by atoms with van der Waals surface area (Å²) >= 11 is 0. The topological polar surface area (TPSA) is 30.7 Å². The van der Waals surface area contributed by atoms with E-state index in [1.807, 2.05) is 0 Å². The Morgan fingerprint density at radius 2 is 1.17 bits per heavy atom. The van der Waals surface area contributed by atoms with E-state index in [2.05, 4.69) is 156 Å². The maximum atomic E-state index is 5.67. The first-order valence-corrected chi connectivity index (χ1v) is 19.1. The minimum Gasteiger partial charge on any atom is -0.277 e. The van der Waals surface area contributed by atoms with Gasteiger partial charge < -0.3 is 0 Å². The van der Waals surface area contributed by atoms with Gasteiger partial charge in [0.05, 0.1) is 22.2 Å². The third-order valence-electron chi connectivity index (χ3n) is 12.5. The van der Waals surface area contributed by atoms with Gasteiger partial charge in [0, 0.05) is 32.5 Å². The molecule has 0 saturated heterocycles. The predicted octanol–water partition coefficient (Wildman–Crippen LogP) is 13.1. The second-order valence-electron chi connectivity index (χ2n) is 15.2. The highest BCUT2D eigenvalue weighted by molar-refractivity contribution is 6.30. The number of para-hydroxylation sites is 1. The monoisotopic (exact) mass is 677 g/mol. The average molecular weight is 678 g/mol. The Morgan fingerprint density at radius 1 is 0.491 bits per heavy atom. The fourth-order valence-electron chi connectivity index (χ4n) is 10.3. The molecule has 2 aliphatic rings. The van der Waals surface area contributed by atoms with Gasteiger partial charge in [-0.25, -0.2) is 9.97 Å². The van der Waals surface area contributed by atoms with Crippen molar-refractivity contribution in [2.45, 2.75) is 37.5 Å². The molecule has 1 spiro atoms. The van der Waals surface area contributed by atoms with Crippen molar-refractivity contribution < 1.29 is 0 Å². The molecular formula is C50H35N3. The third kappa shape index (κ3) is 3.94. The molecule has 2 aliphatic carbocycles. The van der Waals surface area contributed by atoms with Crippen LogP contribution in [0.4, 0.5) is 0 Å². The normalized spacial score (nSPS) is 14.9. The Labute approximate surface area is 307 Å². The van der Waals surface area contributed by atoms with Gasteiger partial charge in [-0.1, -0.05) is 159 Å². The highest BCUT2D eigenvalue weighted by atomic mass is 15.2. The molecule has 53 heavy (non-hydrogen) atoms. The van der Waals surface area contributed by atoms with Crippen LogP contribution in [0.3, 0.4) is 0 Å². The standard InChI is InChI=1S/C50H35N3/c1-12-28-50(29-13-1)41-22-10-8-20-38(41)43-36-18-6-7-19-37(36)44-40-27-26-32-15-4-5-17-35(32)47(40)53(48(44)45(43)50)49-51-42-23-11-9-21-39(42)46(52-49)34-25-24-31-14-2-3-16-33(31)30-34/h2-11,14-27,30H,1,12-13,28-29H2. The SMILES string of the molecule is c1ccc2c(c1)-c1c(c3c(c4ccccc14)c1ccc4ccccc4c1n3-c1nc(-c3ccc4ccccc4c3)c3ccccc3n1)C21CCCCC1. The minimum absolute atomic E-state index is 0.0770. The van der Waals surface area contributed by atoms with Crippen LogP contribution in [0.15, 0.2) is 152 Å². The molecule has 0 aliphatic heterocycles. The lowest BCUT2D eigenvalue weighted by molar-refractivity contribution is 0.354. The van der Waals surface area contributed by atoms with Gasteiger partial charge >= 0.3 is 0 Å². The summed E-state index contributed by atoms with van der Waals surface area (Å²) in [6, 6.07) is 55.8. The maximum absolute atomic E-state index is 5.67. The molecule has 1 saturated carbocycles. The van der Waals surface area contributed by atoms with E-state index in [9.17, 15) is 0 Å². The molecule has 12 rings (SSSR count). The van der Waals surface area contributed by atoms with Crippen LogP contribution in [0.1, 0.15) is 43.2 Å². The first-order valence-electron chi connectivity index (χ1n) is 19.1. The number of fused-ring (bicyclic) bond motifs is 16. The van der Waals surface area contributed by atoms with E-state index in [0.29, 0.717) is 0 Å². The highest BCUT2D eigenvalue weighted by Gasteiger charge is 2.47. The summed E-state index contributed by atoms with van der Waals surface area (Å²) in [5.41, 5.74) is 11.1. The lowest BCUT2D eigenvalue weighted by Crippen LogP contribution is -2.28. The van der Waals surface area contributed by atoms with Gasteiger partial charge in [-0.15, -0.1) is 0 Å². The summed E-state index contributed by atoms with van der Waals surface area (Å²) in [6.45, 7) is 0. The molecule has 0 bridgehead atoms. The summed E-state index contributed by atoms with van der Waals surface area (Å²) < 4.78 is 2.48. The summed E-state index contributed by atoms with van der Waals surface area (Å²) in [4.78, 5) is 11.2. The lowest BCUT2D eigenvalue weighted by Gasteiger charge is -2.36. The van der Waals surface area contributed by atoms with Crippen molar-refractivity contribution >= 4 is 65.0 Å². The second kappa shape index (κ2) is 10.8. The fraction of sp³-hybridized carbons (Fsp3) is 0.120.